The highest BCUT2D eigenvalue weighted by Gasteiger charge is 2.27. The van der Waals surface area contributed by atoms with E-state index in [0.717, 1.165) is 17.8 Å². The Kier molecular flexibility index (Phi) is 4.20. The fourth-order valence-corrected chi connectivity index (χ4v) is 2.06. The Hall–Kier alpha value is -2.14. The van der Waals surface area contributed by atoms with E-state index in [1.54, 1.807) is 19.4 Å². The van der Waals surface area contributed by atoms with Gasteiger partial charge in [0.2, 0.25) is 5.91 Å². The molecular weight excluding hydrogens is 252 g/mol. The number of nitrogens with two attached hydrogens (primary N) is 1. The molecule has 5 nitrogen and oxygen atoms in total. The van der Waals surface area contributed by atoms with E-state index in [9.17, 15) is 4.79 Å². The lowest BCUT2D eigenvalue weighted by molar-refractivity contribution is -0.120. The van der Waals surface area contributed by atoms with Crippen LogP contribution in [0, 0.1) is 0 Å². The zero-order chi connectivity index (χ0) is 14.6. The summed E-state index contributed by atoms with van der Waals surface area (Å²) in [5, 5.41) is 2.87. The first-order chi connectivity index (χ1) is 9.53. The number of carbonyl (C=O) groups is 1. The molecule has 1 heterocycles. The van der Waals surface area contributed by atoms with Crippen LogP contribution in [-0.2, 0) is 4.79 Å². The Balaban J connectivity index is 2.14. The smallest absolute Gasteiger partial charge is 0.244 e. The number of amides is 1. The third kappa shape index (κ3) is 3.24. The predicted octanol–water partition coefficient (Wildman–Crippen LogP) is 2.33. The summed E-state index contributed by atoms with van der Waals surface area (Å²) < 4.78 is 1.88. The lowest BCUT2D eigenvalue weighted by atomic mass is 9.96. The number of rotatable bonds is 5. The molecule has 3 N–H and O–H groups in total. The minimum Gasteiger partial charge on any atom is -0.324 e. The first-order valence-corrected chi connectivity index (χ1v) is 6.71. The van der Waals surface area contributed by atoms with E-state index < -0.39 is 5.54 Å². The maximum Gasteiger partial charge on any atom is 0.244 e. The molecule has 0 aliphatic carbocycles. The van der Waals surface area contributed by atoms with Crippen molar-refractivity contribution >= 4 is 11.6 Å². The highest BCUT2D eigenvalue weighted by molar-refractivity contribution is 5.97. The van der Waals surface area contributed by atoms with Gasteiger partial charge in [-0.3, -0.25) is 4.79 Å². The first-order valence-electron chi connectivity index (χ1n) is 6.71. The topological polar surface area (TPSA) is 72.9 Å². The minimum atomic E-state index is -0.847. The van der Waals surface area contributed by atoms with E-state index >= 15 is 0 Å². The van der Waals surface area contributed by atoms with Gasteiger partial charge in [-0.1, -0.05) is 19.4 Å². The van der Waals surface area contributed by atoms with Crippen molar-refractivity contribution in [2.75, 3.05) is 5.32 Å². The normalized spacial score (nSPS) is 13.8. The van der Waals surface area contributed by atoms with Gasteiger partial charge in [0, 0.05) is 23.8 Å². The monoisotopic (exact) mass is 272 g/mol. The second kappa shape index (κ2) is 5.88. The van der Waals surface area contributed by atoms with Gasteiger partial charge in [0.1, 0.15) is 0 Å². The number of benzene rings is 1. The van der Waals surface area contributed by atoms with Crippen LogP contribution in [0.1, 0.15) is 26.7 Å². The molecule has 20 heavy (non-hydrogen) atoms. The van der Waals surface area contributed by atoms with Crippen LogP contribution in [0.4, 0.5) is 5.69 Å². The molecule has 106 valence electrons. The van der Waals surface area contributed by atoms with Crippen LogP contribution in [0.15, 0.2) is 43.0 Å². The van der Waals surface area contributed by atoms with Crippen molar-refractivity contribution in [2.24, 2.45) is 5.73 Å². The summed E-state index contributed by atoms with van der Waals surface area (Å²) in [4.78, 5) is 16.2. The van der Waals surface area contributed by atoms with E-state index in [2.05, 4.69) is 10.3 Å². The van der Waals surface area contributed by atoms with Crippen molar-refractivity contribution in [3.05, 3.63) is 43.0 Å². The zero-order valence-electron chi connectivity index (χ0n) is 11.8. The second-order valence-corrected chi connectivity index (χ2v) is 5.14. The van der Waals surface area contributed by atoms with Gasteiger partial charge in [-0.2, -0.15) is 0 Å². The molecule has 0 aliphatic heterocycles. The standard InChI is InChI=1S/C15H20N4O/c1-3-7-15(2,16)14(20)18-12-5-4-6-13(10-12)19-9-8-17-11-19/h4-6,8-11H,3,7,16H2,1-2H3,(H,18,20). The molecule has 2 aromatic rings. The summed E-state index contributed by atoms with van der Waals surface area (Å²) in [7, 11) is 0. The second-order valence-electron chi connectivity index (χ2n) is 5.14. The summed E-state index contributed by atoms with van der Waals surface area (Å²) in [5.74, 6) is -0.165. The van der Waals surface area contributed by atoms with Crippen molar-refractivity contribution in [3.63, 3.8) is 0 Å². The van der Waals surface area contributed by atoms with Crippen molar-refractivity contribution < 1.29 is 4.79 Å². The van der Waals surface area contributed by atoms with Crippen molar-refractivity contribution in [1.82, 2.24) is 9.55 Å². The Morgan fingerprint density at radius 3 is 2.95 bits per heavy atom. The fraction of sp³-hybridized carbons (Fsp3) is 0.333. The van der Waals surface area contributed by atoms with Gasteiger partial charge in [0.15, 0.2) is 0 Å². The van der Waals surface area contributed by atoms with Crippen LogP contribution in [0.2, 0.25) is 0 Å². The summed E-state index contributed by atoms with van der Waals surface area (Å²) in [6, 6.07) is 7.58. The van der Waals surface area contributed by atoms with Crippen molar-refractivity contribution in [3.8, 4) is 5.69 Å². The van der Waals surface area contributed by atoms with Crippen LogP contribution in [0.25, 0.3) is 5.69 Å². The van der Waals surface area contributed by atoms with E-state index in [4.69, 9.17) is 5.73 Å². The molecule has 5 heteroatoms. The third-order valence-corrected chi connectivity index (χ3v) is 3.19. The molecule has 1 aromatic heterocycles. The number of carbonyl (C=O) groups excluding carboxylic acids is 1. The maximum atomic E-state index is 12.2. The average molecular weight is 272 g/mol. The molecule has 0 spiro atoms. The van der Waals surface area contributed by atoms with E-state index in [1.165, 1.54) is 0 Å². The lowest BCUT2D eigenvalue weighted by Crippen LogP contribution is -2.48. The zero-order valence-corrected chi connectivity index (χ0v) is 11.8. The van der Waals surface area contributed by atoms with E-state index in [-0.39, 0.29) is 5.91 Å². The Bertz CT molecular complexity index is 575. The number of nitrogens with one attached hydrogen (secondary N) is 1. The van der Waals surface area contributed by atoms with Crippen molar-refractivity contribution in [1.29, 1.82) is 0 Å². The van der Waals surface area contributed by atoms with Crippen LogP contribution >= 0.6 is 0 Å². The number of imidazole rings is 1. The summed E-state index contributed by atoms with van der Waals surface area (Å²) in [6.07, 6.45) is 6.80. The van der Waals surface area contributed by atoms with Gasteiger partial charge < -0.3 is 15.6 Å². The highest BCUT2D eigenvalue weighted by Crippen LogP contribution is 2.17. The Morgan fingerprint density at radius 1 is 1.50 bits per heavy atom. The number of nitrogens with zero attached hydrogens (tertiary/aromatic N) is 2. The van der Waals surface area contributed by atoms with E-state index in [0.29, 0.717) is 6.42 Å². The van der Waals surface area contributed by atoms with E-state index in [1.807, 2.05) is 42.0 Å². The number of hydrogen-bond acceptors (Lipinski definition) is 3. The average Bonchev–Trinajstić information content (AvgIpc) is 2.93. The van der Waals surface area contributed by atoms with Crippen LogP contribution in [-0.4, -0.2) is 21.0 Å². The van der Waals surface area contributed by atoms with Gasteiger partial charge in [0.25, 0.3) is 0 Å². The molecule has 0 bridgehead atoms. The molecule has 1 aromatic carbocycles. The van der Waals surface area contributed by atoms with Crippen LogP contribution in [0.5, 0.6) is 0 Å². The highest BCUT2D eigenvalue weighted by atomic mass is 16.2. The molecule has 1 amide bonds. The molecule has 0 fully saturated rings. The SMILES string of the molecule is CCCC(C)(N)C(=O)Nc1cccc(-n2ccnc2)c1. The summed E-state index contributed by atoms with van der Waals surface area (Å²) >= 11 is 0. The van der Waals surface area contributed by atoms with Gasteiger partial charge in [0.05, 0.1) is 11.9 Å². The molecule has 0 aliphatic rings. The molecule has 2 rings (SSSR count). The van der Waals surface area contributed by atoms with Crippen LogP contribution in [0.3, 0.4) is 0 Å². The Labute approximate surface area is 118 Å². The lowest BCUT2D eigenvalue weighted by Gasteiger charge is -2.23. The summed E-state index contributed by atoms with van der Waals surface area (Å²) in [5.41, 5.74) is 6.85. The minimum absolute atomic E-state index is 0.165. The molecule has 1 atom stereocenters. The molecule has 0 radical (unpaired) electrons. The van der Waals surface area contributed by atoms with Gasteiger partial charge in [-0.05, 0) is 31.5 Å². The predicted molar refractivity (Wildman–Crippen MR) is 79.7 cm³/mol. The Morgan fingerprint density at radius 2 is 2.30 bits per heavy atom. The fourth-order valence-electron chi connectivity index (χ4n) is 2.06. The van der Waals surface area contributed by atoms with Crippen LogP contribution < -0.4 is 11.1 Å². The maximum absolute atomic E-state index is 12.2. The van der Waals surface area contributed by atoms with Gasteiger partial charge in [-0.25, -0.2) is 4.98 Å². The number of hydrogen-bond donors (Lipinski definition) is 2. The van der Waals surface area contributed by atoms with Gasteiger partial charge >= 0.3 is 0 Å². The quantitative estimate of drug-likeness (QED) is 0.877. The summed E-state index contributed by atoms with van der Waals surface area (Å²) in [6.45, 7) is 3.77. The van der Waals surface area contributed by atoms with Gasteiger partial charge in [-0.15, -0.1) is 0 Å². The largest absolute Gasteiger partial charge is 0.324 e. The molecule has 0 saturated carbocycles. The number of aromatic nitrogens is 2. The molecule has 1 unspecified atom stereocenters. The number of anilines is 1. The molecule has 0 saturated heterocycles. The third-order valence-electron chi connectivity index (χ3n) is 3.19. The van der Waals surface area contributed by atoms with Crippen molar-refractivity contribution in [2.45, 2.75) is 32.2 Å². The first kappa shape index (κ1) is 14.3. The molecular formula is C15H20N4O.